The van der Waals surface area contributed by atoms with Crippen LogP contribution in [0.5, 0.6) is 0 Å². The molecule has 1 N–H and O–H groups in total. The lowest BCUT2D eigenvalue weighted by Crippen LogP contribution is -2.18. The van der Waals surface area contributed by atoms with Gasteiger partial charge in [0, 0.05) is 4.88 Å². The van der Waals surface area contributed by atoms with Crippen LogP contribution >= 0.6 is 11.3 Å². The summed E-state index contributed by atoms with van der Waals surface area (Å²) in [6, 6.07) is 0. The highest BCUT2D eigenvalue weighted by Crippen LogP contribution is 2.39. The summed E-state index contributed by atoms with van der Waals surface area (Å²) >= 11 is 1.49. The van der Waals surface area contributed by atoms with Crippen LogP contribution in [0.3, 0.4) is 0 Å². The highest BCUT2D eigenvalue weighted by Gasteiger charge is 2.41. The van der Waals surface area contributed by atoms with Gasteiger partial charge < -0.3 is 9.72 Å². The van der Waals surface area contributed by atoms with Crippen LogP contribution in [0.15, 0.2) is 4.79 Å². The molecule has 0 unspecified atom stereocenters. The van der Waals surface area contributed by atoms with Gasteiger partial charge in [0.25, 0.3) is 5.56 Å². The SMILES string of the molecule is Cc1sc2nc([C@H](C)OC(=O)[C@H]3C[C@H]3C)[nH]c(=O)c2c1C. The Morgan fingerprint density at radius 3 is 2.76 bits per heavy atom. The molecule has 1 saturated carbocycles. The fraction of sp³-hybridized carbons (Fsp3) is 0.533. The van der Waals surface area contributed by atoms with Crippen LogP contribution in [-0.4, -0.2) is 15.9 Å². The molecule has 0 radical (unpaired) electrons. The van der Waals surface area contributed by atoms with Crippen LogP contribution in [0, 0.1) is 25.7 Å². The van der Waals surface area contributed by atoms with Crippen molar-refractivity contribution in [3.8, 4) is 0 Å². The van der Waals surface area contributed by atoms with Crippen molar-refractivity contribution in [2.24, 2.45) is 11.8 Å². The molecule has 0 saturated heterocycles. The highest BCUT2D eigenvalue weighted by atomic mass is 32.1. The molecule has 1 aliphatic rings. The number of aromatic amines is 1. The fourth-order valence-corrected chi connectivity index (χ4v) is 3.47. The van der Waals surface area contributed by atoms with Gasteiger partial charge in [-0.15, -0.1) is 11.3 Å². The molecule has 3 atom stereocenters. The number of nitrogens with zero attached hydrogens (tertiary/aromatic N) is 1. The third kappa shape index (κ3) is 2.48. The van der Waals surface area contributed by atoms with Gasteiger partial charge in [-0.3, -0.25) is 9.59 Å². The van der Waals surface area contributed by atoms with Gasteiger partial charge in [0.05, 0.1) is 11.3 Å². The van der Waals surface area contributed by atoms with E-state index in [0.29, 0.717) is 22.0 Å². The number of aryl methyl sites for hydroxylation is 2. The Kier molecular flexibility index (Phi) is 3.36. The average molecular weight is 306 g/mol. The van der Waals surface area contributed by atoms with E-state index in [2.05, 4.69) is 9.97 Å². The quantitative estimate of drug-likeness (QED) is 0.885. The van der Waals surface area contributed by atoms with E-state index in [9.17, 15) is 9.59 Å². The molecule has 112 valence electrons. The van der Waals surface area contributed by atoms with Crippen LogP contribution in [0.1, 0.15) is 42.6 Å². The Morgan fingerprint density at radius 2 is 2.14 bits per heavy atom. The summed E-state index contributed by atoms with van der Waals surface area (Å²) in [5, 5.41) is 0.635. The van der Waals surface area contributed by atoms with Crippen LogP contribution in [0.2, 0.25) is 0 Å². The Bertz CT molecular complexity index is 777. The third-order valence-electron chi connectivity index (χ3n) is 4.15. The van der Waals surface area contributed by atoms with Gasteiger partial charge in [0.1, 0.15) is 4.83 Å². The Hall–Kier alpha value is -1.69. The monoisotopic (exact) mass is 306 g/mol. The zero-order valence-electron chi connectivity index (χ0n) is 12.5. The molecule has 0 bridgehead atoms. The van der Waals surface area contributed by atoms with Gasteiger partial charge in [-0.2, -0.15) is 0 Å². The van der Waals surface area contributed by atoms with Crippen molar-refractivity contribution in [2.75, 3.05) is 0 Å². The fourth-order valence-electron chi connectivity index (χ4n) is 2.43. The molecule has 2 aromatic heterocycles. The number of esters is 1. The first-order valence-electron chi connectivity index (χ1n) is 7.09. The second-order valence-corrected chi connectivity index (χ2v) is 7.02. The number of hydrogen-bond donors (Lipinski definition) is 1. The predicted molar refractivity (Wildman–Crippen MR) is 81.5 cm³/mol. The van der Waals surface area contributed by atoms with E-state index in [1.54, 1.807) is 6.92 Å². The van der Waals surface area contributed by atoms with Crippen molar-refractivity contribution in [2.45, 2.75) is 40.2 Å². The van der Waals surface area contributed by atoms with Gasteiger partial charge in [-0.1, -0.05) is 6.92 Å². The van der Waals surface area contributed by atoms with Gasteiger partial charge in [0.2, 0.25) is 0 Å². The van der Waals surface area contributed by atoms with E-state index in [4.69, 9.17) is 4.74 Å². The van der Waals surface area contributed by atoms with E-state index in [1.807, 2.05) is 20.8 Å². The number of thiophene rings is 1. The molecule has 0 aromatic carbocycles. The number of nitrogens with one attached hydrogen (secondary N) is 1. The van der Waals surface area contributed by atoms with E-state index in [-0.39, 0.29) is 17.4 Å². The minimum atomic E-state index is -0.537. The number of rotatable bonds is 3. The first-order chi connectivity index (χ1) is 9.88. The number of carbonyl (C=O) groups excluding carboxylic acids is 1. The lowest BCUT2D eigenvalue weighted by Gasteiger charge is -2.12. The number of H-pyrrole nitrogens is 1. The number of fused-ring (bicyclic) bond motifs is 1. The highest BCUT2D eigenvalue weighted by molar-refractivity contribution is 7.18. The van der Waals surface area contributed by atoms with Crippen molar-refractivity contribution < 1.29 is 9.53 Å². The standard InChI is InChI=1S/C15H18N2O3S/c1-6-5-10(6)15(19)20-8(3)12-16-13(18)11-7(2)9(4)21-14(11)17-12/h6,8,10H,5H2,1-4H3,(H,16,17,18)/t6-,8+,10+/m1/s1. The first kappa shape index (κ1) is 14.3. The third-order valence-corrected chi connectivity index (χ3v) is 5.25. The normalized spacial score (nSPS) is 22.3. The number of aromatic nitrogens is 2. The summed E-state index contributed by atoms with van der Waals surface area (Å²) < 4.78 is 5.40. The Balaban J connectivity index is 1.90. The minimum absolute atomic E-state index is 0.00845. The van der Waals surface area contributed by atoms with Crippen molar-refractivity contribution >= 4 is 27.5 Å². The summed E-state index contributed by atoms with van der Waals surface area (Å²) in [5.41, 5.74) is 0.797. The largest absolute Gasteiger partial charge is 0.454 e. The van der Waals surface area contributed by atoms with Crippen molar-refractivity contribution in [1.82, 2.24) is 9.97 Å². The van der Waals surface area contributed by atoms with Crippen LogP contribution in [0.4, 0.5) is 0 Å². The summed E-state index contributed by atoms with van der Waals surface area (Å²) in [5.74, 6) is 0.627. The summed E-state index contributed by atoms with van der Waals surface area (Å²) in [7, 11) is 0. The molecule has 1 fully saturated rings. The van der Waals surface area contributed by atoms with Crippen molar-refractivity contribution in [3.63, 3.8) is 0 Å². The average Bonchev–Trinajstić information content (AvgIpc) is 3.07. The number of hydrogen-bond acceptors (Lipinski definition) is 5. The topological polar surface area (TPSA) is 72.0 Å². The molecular formula is C15H18N2O3S. The summed E-state index contributed by atoms with van der Waals surface area (Å²) in [4.78, 5) is 33.0. The maximum Gasteiger partial charge on any atom is 0.309 e. The molecule has 0 aliphatic heterocycles. The molecule has 5 nitrogen and oxygen atoms in total. The zero-order valence-corrected chi connectivity index (χ0v) is 13.3. The smallest absolute Gasteiger partial charge is 0.309 e. The maximum atomic E-state index is 12.2. The molecule has 2 aromatic rings. The van der Waals surface area contributed by atoms with E-state index < -0.39 is 6.10 Å². The van der Waals surface area contributed by atoms with E-state index in [0.717, 1.165) is 16.9 Å². The van der Waals surface area contributed by atoms with Crippen LogP contribution < -0.4 is 5.56 Å². The van der Waals surface area contributed by atoms with Crippen molar-refractivity contribution in [1.29, 1.82) is 0 Å². The molecule has 21 heavy (non-hydrogen) atoms. The zero-order chi connectivity index (χ0) is 15.3. The minimum Gasteiger partial charge on any atom is -0.454 e. The van der Waals surface area contributed by atoms with Crippen LogP contribution in [-0.2, 0) is 9.53 Å². The van der Waals surface area contributed by atoms with Crippen LogP contribution in [0.25, 0.3) is 10.2 Å². The first-order valence-corrected chi connectivity index (χ1v) is 7.90. The van der Waals surface area contributed by atoms with E-state index >= 15 is 0 Å². The van der Waals surface area contributed by atoms with Gasteiger partial charge >= 0.3 is 5.97 Å². The maximum absolute atomic E-state index is 12.2. The number of ether oxygens (including phenoxy) is 1. The summed E-state index contributed by atoms with van der Waals surface area (Å²) in [6.45, 7) is 7.66. The Morgan fingerprint density at radius 1 is 1.48 bits per heavy atom. The Labute approximate surface area is 126 Å². The van der Waals surface area contributed by atoms with Gasteiger partial charge in [-0.25, -0.2) is 4.98 Å². The predicted octanol–water partition coefficient (Wildman–Crippen LogP) is 2.86. The van der Waals surface area contributed by atoms with Gasteiger partial charge in [0.15, 0.2) is 11.9 Å². The second-order valence-electron chi connectivity index (χ2n) is 5.81. The molecular weight excluding hydrogens is 288 g/mol. The van der Waals surface area contributed by atoms with Gasteiger partial charge in [-0.05, 0) is 38.7 Å². The number of carbonyl (C=O) groups is 1. The summed E-state index contributed by atoms with van der Waals surface area (Å²) in [6.07, 6.45) is 0.350. The molecule has 2 heterocycles. The lowest BCUT2D eigenvalue weighted by molar-refractivity contribution is -0.150. The molecule has 3 rings (SSSR count). The molecule has 0 spiro atoms. The second kappa shape index (κ2) is 4.94. The van der Waals surface area contributed by atoms with E-state index in [1.165, 1.54) is 11.3 Å². The lowest BCUT2D eigenvalue weighted by atomic mass is 10.2. The molecule has 0 amide bonds. The molecule has 1 aliphatic carbocycles. The van der Waals surface area contributed by atoms with Crippen molar-refractivity contribution in [3.05, 3.63) is 26.6 Å². The molecule has 6 heteroatoms.